The van der Waals surface area contributed by atoms with Crippen LogP contribution in [0.4, 0.5) is 5.82 Å². The summed E-state index contributed by atoms with van der Waals surface area (Å²) >= 11 is 0. The van der Waals surface area contributed by atoms with Crippen molar-refractivity contribution in [1.29, 1.82) is 5.26 Å². The van der Waals surface area contributed by atoms with Gasteiger partial charge >= 0.3 is 0 Å². The maximum Gasteiger partial charge on any atom is 0.256 e. The summed E-state index contributed by atoms with van der Waals surface area (Å²) < 4.78 is 1.50. The number of nitriles is 1. The Balaban J connectivity index is 1.78. The summed E-state index contributed by atoms with van der Waals surface area (Å²) in [6.45, 7) is 5.95. The number of aromatic nitrogens is 3. The average molecular weight is 381 g/mol. The van der Waals surface area contributed by atoms with Crippen LogP contribution in [0.25, 0.3) is 16.7 Å². The fraction of sp³-hybridized carbons (Fsp3) is 0.130. The number of hydrogen-bond acceptors (Lipinski definition) is 4. The predicted octanol–water partition coefficient (Wildman–Crippen LogP) is 4.47. The van der Waals surface area contributed by atoms with Gasteiger partial charge in [-0.3, -0.25) is 4.79 Å². The lowest BCUT2D eigenvalue weighted by molar-refractivity contribution is 0.102. The third-order valence-corrected chi connectivity index (χ3v) is 5.02. The Labute approximate surface area is 168 Å². The number of para-hydroxylation sites is 1. The molecule has 6 nitrogen and oxygen atoms in total. The Kier molecular flexibility index (Phi) is 4.57. The van der Waals surface area contributed by atoms with Crippen molar-refractivity contribution in [2.24, 2.45) is 0 Å². The zero-order valence-corrected chi connectivity index (χ0v) is 16.4. The van der Waals surface area contributed by atoms with E-state index in [9.17, 15) is 10.1 Å². The second-order valence-corrected chi connectivity index (χ2v) is 7.00. The van der Waals surface area contributed by atoms with Crippen molar-refractivity contribution in [3.8, 4) is 11.9 Å². The number of benzene rings is 2. The van der Waals surface area contributed by atoms with Crippen molar-refractivity contribution in [2.75, 3.05) is 5.32 Å². The molecule has 0 bridgehead atoms. The van der Waals surface area contributed by atoms with Crippen molar-refractivity contribution >= 4 is 22.6 Å². The second kappa shape index (κ2) is 7.21. The minimum absolute atomic E-state index is 0.273. The molecule has 0 spiro atoms. The number of carbonyl (C=O) groups excluding carboxylic acids is 1. The van der Waals surface area contributed by atoms with Gasteiger partial charge in [-0.2, -0.15) is 15.0 Å². The van der Waals surface area contributed by atoms with E-state index < -0.39 is 0 Å². The van der Waals surface area contributed by atoms with E-state index in [0.717, 1.165) is 27.6 Å². The molecule has 0 atom stereocenters. The number of aryl methyl sites for hydroxylation is 3. The van der Waals surface area contributed by atoms with Gasteiger partial charge < -0.3 is 5.32 Å². The van der Waals surface area contributed by atoms with Gasteiger partial charge in [0.2, 0.25) is 0 Å². The molecular weight excluding hydrogens is 362 g/mol. The van der Waals surface area contributed by atoms with Gasteiger partial charge in [0.25, 0.3) is 5.91 Å². The highest BCUT2D eigenvalue weighted by atomic mass is 16.1. The van der Waals surface area contributed by atoms with Crippen molar-refractivity contribution < 1.29 is 4.79 Å². The van der Waals surface area contributed by atoms with E-state index >= 15 is 0 Å². The minimum Gasteiger partial charge on any atom is -0.305 e. The molecule has 0 fully saturated rings. The maximum absolute atomic E-state index is 12.8. The Morgan fingerprint density at radius 3 is 2.59 bits per heavy atom. The fourth-order valence-corrected chi connectivity index (χ4v) is 3.23. The van der Waals surface area contributed by atoms with Crippen LogP contribution in [0, 0.1) is 32.1 Å². The quantitative estimate of drug-likeness (QED) is 0.567. The van der Waals surface area contributed by atoms with Gasteiger partial charge in [-0.05, 0) is 61.7 Å². The second-order valence-electron chi connectivity index (χ2n) is 7.00. The summed E-state index contributed by atoms with van der Waals surface area (Å²) in [4.78, 5) is 17.5. The molecule has 0 radical (unpaired) electrons. The average Bonchev–Trinajstić information content (AvgIpc) is 3.12. The van der Waals surface area contributed by atoms with Gasteiger partial charge in [0, 0.05) is 10.9 Å². The molecule has 0 aliphatic rings. The molecule has 2 aromatic heterocycles. The largest absolute Gasteiger partial charge is 0.305 e. The normalized spacial score (nSPS) is 10.7. The molecule has 1 N–H and O–H groups in total. The van der Waals surface area contributed by atoms with Crippen LogP contribution in [-0.4, -0.2) is 20.7 Å². The Morgan fingerprint density at radius 2 is 1.83 bits per heavy atom. The monoisotopic (exact) mass is 381 g/mol. The Bertz CT molecular complexity index is 1300. The molecule has 0 aliphatic carbocycles. The van der Waals surface area contributed by atoms with Crippen LogP contribution in [0.15, 0.2) is 54.7 Å². The highest BCUT2D eigenvalue weighted by Gasteiger charge is 2.18. The first kappa shape index (κ1) is 18.4. The topological polar surface area (TPSA) is 83.6 Å². The van der Waals surface area contributed by atoms with E-state index in [-0.39, 0.29) is 11.5 Å². The smallest absolute Gasteiger partial charge is 0.256 e. The zero-order valence-electron chi connectivity index (χ0n) is 16.4. The summed E-state index contributed by atoms with van der Waals surface area (Å²) in [6.07, 6.45) is 1.43. The molecule has 0 aliphatic heterocycles. The summed E-state index contributed by atoms with van der Waals surface area (Å²) in [5.74, 6) is 0.542. The number of hydrogen-bond donors (Lipinski definition) is 1. The van der Waals surface area contributed by atoms with E-state index in [1.807, 2.05) is 63.2 Å². The Morgan fingerprint density at radius 1 is 1.03 bits per heavy atom. The minimum atomic E-state index is -0.302. The van der Waals surface area contributed by atoms with Gasteiger partial charge in [0.05, 0.1) is 11.7 Å². The van der Waals surface area contributed by atoms with Crippen LogP contribution in [0.5, 0.6) is 0 Å². The van der Waals surface area contributed by atoms with Crippen LogP contribution in [0.1, 0.15) is 32.6 Å². The zero-order chi connectivity index (χ0) is 20.5. The summed E-state index contributed by atoms with van der Waals surface area (Å²) in [5, 5.41) is 17.7. The standard InChI is InChI=1S/C23H19N5O/c1-14-8-9-17(10-15(14)2)23(29)27-22-18(12-24)13-25-28(22)21-11-16(3)19-6-4-5-7-20(19)26-21/h4-11,13H,1-3H3,(H,27,29). The highest BCUT2D eigenvalue weighted by molar-refractivity contribution is 6.04. The molecule has 2 aromatic carbocycles. The summed E-state index contributed by atoms with van der Waals surface area (Å²) in [7, 11) is 0. The molecule has 1 amide bonds. The van der Waals surface area contributed by atoms with Crippen molar-refractivity contribution in [2.45, 2.75) is 20.8 Å². The number of pyridine rings is 1. The Hall–Kier alpha value is -3.98. The SMILES string of the molecule is Cc1ccc(C(=O)Nc2c(C#N)cnn2-c2cc(C)c3ccccc3n2)cc1C. The van der Waals surface area contributed by atoms with Gasteiger partial charge in [-0.1, -0.05) is 24.3 Å². The number of amides is 1. The highest BCUT2D eigenvalue weighted by Crippen LogP contribution is 2.24. The summed E-state index contributed by atoms with van der Waals surface area (Å²) in [6, 6.07) is 17.3. The molecule has 2 heterocycles. The number of rotatable bonds is 3. The lowest BCUT2D eigenvalue weighted by Gasteiger charge is -2.11. The first-order valence-corrected chi connectivity index (χ1v) is 9.21. The lowest BCUT2D eigenvalue weighted by Crippen LogP contribution is -2.16. The number of anilines is 1. The molecule has 6 heteroatoms. The molecular formula is C23H19N5O. The predicted molar refractivity (Wildman–Crippen MR) is 112 cm³/mol. The molecule has 0 saturated carbocycles. The van der Waals surface area contributed by atoms with Gasteiger partial charge in [-0.15, -0.1) is 0 Å². The first-order chi connectivity index (χ1) is 14.0. The van der Waals surface area contributed by atoms with Crippen molar-refractivity contribution in [1.82, 2.24) is 14.8 Å². The van der Waals surface area contributed by atoms with E-state index in [4.69, 9.17) is 0 Å². The number of nitrogens with one attached hydrogen (secondary N) is 1. The first-order valence-electron chi connectivity index (χ1n) is 9.21. The van der Waals surface area contributed by atoms with Gasteiger partial charge in [0.1, 0.15) is 11.6 Å². The molecule has 142 valence electrons. The van der Waals surface area contributed by atoms with Gasteiger partial charge in [0.15, 0.2) is 11.6 Å². The van der Waals surface area contributed by atoms with E-state index in [1.54, 1.807) is 6.07 Å². The molecule has 4 rings (SSSR count). The summed E-state index contributed by atoms with van der Waals surface area (Å²) in [5.41, 5.74) is 4.79. The number of carbonyl (C=O) groups is 1. The molecule has 0 saturated heterocycles. The van der Waals surface area contributed by atoms with E-state index in [2.05, 4.69) is 21.5 Å². The van der Waals surface area contributed by atoms with Crippen LogP contribution < -0.4 is 5.32 Å². The van der Waals surface area contributed by atoms with Crippen LogP contribution in [-0.2, 0) is 0 Å². The number of fused-ring (bicyclic) bond motifs is 1. The van der Waals surface area contributed by atoms with Gasteiger partial charge in [-0.25, -0.2) is 4.98 Å². The third kappa shape index (κ3) is 3.34. The van der Waals surface area contributed by atoms with E-state index in [1.165, 1.54) is 10.9 Å². The van der Waals surface area contributed by atoms with E-state index in [0.29, 0.717) is 17.2 Å². The third-order valence-electron chi connectivity index (χ3n) is 5.02. The van der Waals surface area contributed by atoms with Crippen LogP contribution in [0.2, 0.25) is 0 Å². The van der Waals surface area contributed by atoms with Crippen LogP contribution in [0.3, 0.4) is 0 Å². The molecule has 29 heavy (non-hydrogen) atoms. The lowest BCUT2D eigenvalue weighted by atomic mass is 10.1. The van der Waals surface area contributed by atoms with Crippen molar-refractivity contribution in [3.63, 3.8) is 0 Å². The maximum atomic E-state index is 12.8. The van der Waals surface area contributed by atoms with Crippen molar-refractivity contribution in [3.05, 3.63) is 82.5 Å². The fourth-order valence-electron chi connectivity index (χ4n) is 3.23. The van der Waals surface area contributed by atoms with Crippen LogP contribution >= 0.6 is 0 Å². The molecule has 0 unspecified atom stereocenters. The number of nitrogens with zero attached hydrogens (tertiary/aromatic N) is 4. The molecule has 4 aromatic rings.